The molecule has 1 atom stereocenters. The molecule has 4 nitrogen and oxygen atoms in total. The molecule has 4 heteroatoms. The number of aliphatic imine (C=N–C) groups is 1. The highest BCUT2D eigenvalue weighted by Crippen LogP contribution is 2.61. The zero-order chi connectivity index (χ0) is 41.5. The minimum Gasteiger partial charge on any atom is -0.360 e. The maximum Gasteiger partial charge on any atom is 0.145 e. The van der Waals surface area contributed by atoms with Gasteiger partial charge in [-0.15, -0.1) is 0 Å². The molecule has 11 rings (SSSR count). The Morgan fingerprint density at radius 1 is 0.516 bits per heavy atom. The number of hydrogen-bond acceptors (Lipinski definition) is 4. The number of hydrogen-bond donors (Lipinski definition) is 2. The zero-order valence-corrected chi connectivity index (χ0v) is 34.2. The maximum atomic E-state index is 6.16. The zero-order valence-electron chi connectivity index (χ0n) is 34.2. The number of fused-ring (bicyclic) bond motifs is 6. The third kappa shape index (κ3) is 6.32. The van der Waals surface area contributed by atoms with Crippen molar-refractivity contribution in [2.24, 2.45) is 10.7 Å². The highest BCUT2D eigenvalue weighted by Gasteiger charge is 2.50. The van der Waals surface area contributed by atoms with Crippen molar-refractivity contribution < 1.29 is 0 Å². The Kier molecular flexibility index (Phi) is 9.41. The van der Waals surface area contributed by atoms with Gasteiger partial charge in [-0.25, -0.2) is 0 Å². The van der Waals surface area contributed by atoms with E-state index in [2.05, 4.69) is 235 Å². The van der Waals surface area contributed by atoms with E-state index in [0.717, 1.165) is 50.5 Å². The molecule has 0 radical (unpaired) electrons. The van der Waals surface area contributed by atoms with Gasteiger partial charge in [-0.05, 0) is 116 Å². The summed E-state index contributed by atoms with van der Waals surface area (Å²) in [7, 11) is 0. The van der Waals surface area contributed by atoms with E-state index < -0.39 is 5.41 Å². The molecule has 1 aliphatic carbocycles. The first-order chi connectivity index (χ1) is 30.7. The molecule has 2 aliphatic heterocycles. The van der Waals surface area contributed by atoms with Crippen LogP contribution >= 0.6 is 0 Å². The van der Waals surface area contributed by atoms with Gasteiger partial charge in [0, 0.05) is 23.5 Å². The Hall–Kier alpha value is -7.79. The number of para-hydroxylation sites is 3. The predicted molar refractivity (Wildman–Crippen MR) is 258 cm³/mol. The Morgan fingerprint density at radius 3 is 1.73 bits per heavy atom. The van der Waals surface area contributed by atoms with Gasteiger partial charge in [0.1, 0.15) is 6.17 Å². The van der Waals surface area contributed by atoms with E-state index in [4.69, 9.17) is 10.7 Å². The van der Waals surface area contributed by atoms with Gasteiger partial charge in [0.15, 0.2) is 0 Å². The molecule has 0 aromatic heterocycles. The molecule has 3 N–H and O–H groups in total. The molecule has 296 valence electrons. The lowest BCUT2D eigenvalue weighted by molar-refractivity contribution is 0.664. The lowest BCUT2D eigenvalue weighted by atomic mass is 9.63. The highest BCUT2D eigenvalue weighted by atomic mass is 15.2. The van der Waals surface area contributed by atoms with Gasteiger partial charge in [-0.2, -0.15) is 0 Å². The summed E-state index contributed by atoms with van der Waals surface area (Å²) in [5.74, 6) is 0. The number of rotatable bonds is 8. The second-order valence-corrected chi connectivity index (χ2v) is 16.1. The maximum absolute atomic E-state index is 6.16. The van der Waals surface area contributed by atoms with E-state index in [0.29, 0.717) is 6.54 Å². The van der Waals surface area contributed by atoms with Crippen LogP contribution in [-0.4, -0.2) is 12.3 Å². The van der Waals surface area contributed by atoms with Crippen LogP contribution in [-0.2, 0) is 5.41 Å². The topological polar surface area (TPSA) is 53.6 Å². The molecular formula is C58H44N4. The van der Waals surface area contributed by atoms with E-state index in [-0.39, 0.29) is 6.17 Å². The van der Waals surface area contributed by atoms with Crippen LogP contribution in [0.25, 0.3) is 34.0 Å². The molecule has 0 saturated heterocycles. The van der Waals surface area contributed by atoms with Crippen molar-refractivity contribution in [3.05, 3.63) is 269 Å². The second-order valence-electron chi connectivity index (χ2n) is 16.1. The summed E-state index contributed by atoms with van der Waals surface area (Å²) in [5, 5.41) is 3.69. The van der Waals surface area contributed by atoms with Gasteiger partial charge in [0.2, 0.25) is 0 Å². The first kappa shape index (κ1) is 37.2. The van der Waals surface area contributed by atoms with Crippen molar-refractivity contribution >= 4 is 34.5 Å². The molecule has 8 aromatic rings. The quantitative estimate of drug-likeness (QED) is 0.161. The van der Waals surface area contributed by atoms with Gasteiger partial charge >= 0.3 is 0 Å². The molecule has 2 heterocycles. The van der Waals surface area contributed by atoms with E-state index in [1.54, 1.807) is 0 Å². The van der Waals surface area contributed by atoms with Gasteiger partial charge in [0.05, 0.1) is 22.5 Å². The van der Waals surface area contributed by atoms with E-state index in [1.807, 2.05) is 6.07 Å². The summed E-state index contributed by atoms with van der Waals surface area (Å²) in [6.45, 7) is 0.463. The minimum absolute atomic E-state index is 0.202. The first-order valence-electron chi connectivity index (χ1n) is 21.3. The summed E-state index contributed by atoms with van der Waals surface area (Å²) < 4.78 is 0. The molecule has 0 saturated carbocycles. The standard InChI is InChI=1S/C58H44N4/c59-34-16-25-48-37-46-33-32-45(38-52(46)58(48)50-28-10-12-30-55(50)62(49-26-8-3-9-27-49)56-31-13-11-29-51(56)58)43-22-14-21-42(35-43)44-23-15-24-47(36-44)54-39-53(40-17-4-1-5-18-40)60-57(61-54)41-19-6-2-7-20-41/h1-33,35-39,57,60H,34,59H2/b25-16-. The molecule has 62 heavy (non-hydrogen) atoms. The first-order valence-corrected chi connectivity index (χ1v) is 21.3. The summed E-state index contributed by atoms with van der Waals surface area (Å²) in [6.07, 6.45) is 8.67. The number of anilines is 3. The van der Waals surface area contributed by atoms with Crippen LogP contribution in [0, 0.1) is 0 Å². The van der Waals surface area contributed by atoms with Crippen molar-refractivity contribution in [1.29, 1.82) is 0 Å². The summed E-state index contributed by atoms with van der Waals surface area (Å²) >= 11 is 0. The third-order valence-corrected chi connectivity index (χ3v) is 12.5. The monoisotopic (exact) mass is 796 g/mol. The smallest absolute Gasteiger partial charge is 0.145 e. The average molecular weight is 797 g/mol. The normalized spacial score (nSPS) is 15.9. The molecule has 3 aliphatic rings. The Morgan fingerprint density at radius 2 is 1.06 bits per heavy atom. The van der Waals surface area contributed by atoms with Crippen molar-refractivity contribution in [1.82, 2.24) is 5.32 Å². The molecular weight excluding hydrogens is 753 g/mol. The lowest BCUT2D eigenvalue weighted by Gasteiger charge is -2.45. The molecule has 0 amide bonds. The largest absolute Gasteiger partial charge is 0.360 e. The van der Waals surface area contributed by atoms with Crippen LogP contribution in [0.1, 0.15) is 45.1 Å². The van der Waals surface area contributed by atoms with Crippen molar-refractivity contribution in [2.75, 3.05) is 11.4 Å². The van der Waals surface area contributed by atoms with Crippen LogP contribution in [0.15, 0.2) is 235 Å². The number of allylic oxidation sites excluding steroid dienone is 3. The number of nitrogens with two attached hydrogens (primary N) is 1. The fourth-order valence-corrected chi connectivity index (χ4v) is 9.69. The van der Waals surface area contributed by atoms with Crippen LogP contribution in [0.4, 0.5) is 17.1 Å². The summed E-state index contributed by atoms with van der Waals surface area (Å²) in [4.78, 5) is 7.67. The van der Waals surface area contributed by atoms with Gasteiger partial charge in [-0.1, -0.05) is 176 Å². The lowest BCUT2D eigenvalue weighted by Crippen LogP contribution is -2.36. The predicted octanol–water partition coefficient (Wildman–Crippen LogP) is 13.2. The Bertz CT molecular complexity index is 3040. The van der Waals surface area contributed by atoms with Crippen LogP contribution in [0.3, 0.4) is 0 Å². The summed E-state index contributed by atoms with van der Waals surface area (Å²) in [6, 6.07) is 74.2. The third-order valence-electron chi connectivity index (χ3n) is 12.5. The van der Waals surface area contributed by atoms with E-state index in [1.165, 1.54) is 44.8 Å². The van der Waals surface area contributed by atoms with Crippen LogP contribution in [0.5, 0.6) is 0 Å². The Labute approximate surface area is 363 Å². The second kappa shape index (κ2) is 15.7. The Balaban J connectivity index is 1.01. The van der Waals surface area contributed by atoms with E-state index in [9.17, 15) is 0 Å². The SMILES string of the molecule is NC/C=C\C1=Cc2ccc(-c3cccc(-c4cccc(C5=NC(c6ccccc6)NC(c6ccccc6)=C5)c4)c3)cc2C12c1ccccc1N(c1ccccc1)c1ccccc12. The van der Waals surface area contributed by atoms with Crippen molar-refractivity contribution in [3.8, 4) is 22.3 Å². The molecule has 1 spiro atoms. The van der Waals surface area contributed by atoms with Crippen LogP contribution < -0.4 is 16.0 Å². The minimum atomic E-state index is -0.555. The van der Waals surface area contributed by atoms with Crippen molar-refractivity contribution in [3.63, 3.8) is 0 Å². The van der Waals surface area contributed by atoms with Gasteiger partial charge < -0.3 is 16.0 Å². The fraction of sp³-hybridized carbons (Fsp3) is 0.0517. The van der Waals surface area contributed by atoms with Crippen molar-refractivity contribution in [2.45, 2.75) is 11.6 Å². The number of nitrogens with zero attached hydrogens (tertiary/aromatic N) is 2. The van der Waals surface area contributed by atoms with Gasteiger partial charge in [-0.3, -0.25) is 4.99 Å². The fourth-order valence-electron chi connectivity index (χ4n) is 9.69. The number of benzene rings is 8. The van der Waals surface area contributed by atoms with Gasteiger partial charge in [0.25, 0.3) is 0 Å². The summed E-state index contributed by atoms with van der Waals surface area (Å²) in [5.41, 5.74) is 25.2. The molecule has 0 bridgehead atoms. The molecule has 0 fully saturated rings. The average Bonchev–Trinajstić information content (AvgIpc) is 3.67. The highest BCUT2D eigenvalue weighted by molar-refractivity contribution is 6.13. The van der Waals surface area contributed by atoms with E-state index >= 15 is 0 Å². The molecule has 8 aromatic carbocycles. The molecule has 1 unspecified atom stereocenters. The number of nitrogens with one attached hydrogen (secondary N) is 1. The van der Waals surface area contributed by atoms with Crippen LogP contribution in [0.2, 0.25) is 0 Å².